The molecular formula is C34H47N3O4. The molecule has 0 bridgehead atoms. The zero-order valence-electron chi connectivity index (χ0n) is 25.4. The van der Waals surface area contributed by atoms with Crippen molar-refractivity contribution >= 4 is 17.9 Å². The number of nitrogens with one attached hydrogen (secondary N) is 2. The summed E-state index contributed by atoms with van der Waals surface area (Å²) >= 11 is 0. The maximum absolute atomic E-state index is 14.6. The summed E-state index contributed by atoms with van der Waals surface area (Å²) < 4.78 is 5.56. The predicted octanol–water partition coefficient (Wildman–Crippen LogP) is 6.31. The Labute approximate surface area is 245 Å². The Hall–Kier alpha value is -3.35. The standard InChI is InChI=1S/C34H47N3O4/c1-23-19-20-28(24(2)21-23)30(31(38)35-26-15-10-7-11-16-26)37(27-17-12-18-27)32(39)29(22-25-13-8-6-9-14-25)36-33(40)41-34(3,4)5/h6,8-9,13-14,19-21,26-27,29-30H,7,10-12,15-18,22H2,1-5H3,(H,35,38)(H,36,40). The van der Waals surface area contributed by atoms with Gasteiger partial charge in [-0.25, -0.2) is 4.79 Å². The van der Waals surface area contributed by atoms with Crippen molar-refractivity contribution in [3.05, 3.63) is 70.8 Å². The van der Waals surface area contributed by atoms with E-state index in [1.807, 2.05) is 56.3 Å². The molecule has 3 amide bonds. The molecule has 41 heavy (non-hydrogen) atoms. The second-order valence-corrected chi connectivity index (χ2v) is 12.8. The molecule has 2 aliphatic rings. The highest BCUT2D eigenvalue weighted by molar-refractivity contribution is 5.93. The SMILES string of the molecule is Cc1ccc(C(C(=O)NC2CCCCC2)N(C(=O)C(Cc2ccccc2)NC(=O)OC(C)(C)C)C2CCC2)c(C)c1. The third-order valence-corrected chi connectivity index (χ3v) is 8.19. The van der Waals surface area contributed by atoms with Gasteiger partial charge in [0.2, 0.25) is 11.8 Å². The Balaban J connectivity index is 1.72. The third-order valence-electron chi connectivity index (χ3n) is 8.19. The van der Waals surface area contributed by atoms with Crippen LogP contribution in [0.25, 0.3) is 0 Å². The molecular weight excluding hydrogens is 514 g/mol. The fraction of sp³-hybridized carbons (Fsp3) is 0.559. The topological polar surface area (TPSA) is 87.7 Å². The molecule has 7 heteroatoms. The average molecular weight is 562 g/mol. The minimum atomic E-state index is -0.886. The van der Waals surface area contributed by atoms with E-state index in [9.17, 15) is 14.4 Å². The van der Waals surface area contributed by atoms with Crippen molar-refractivity contribution in [2.45, 2.75) is 122 Å². The number of benzene rings is 2. The van der Waals surface area contributed by atoms with Crippen molar-refractivity contribution in [2.24, 2.45) is 0 Å². The van der Waals surface area contributed by atoms with Crippen molar-refractivity contribution in [1.29, 1.82) is 0 Å². The molecule has 7 nitrogen and oxygen atoms in total. The summed E-state index contributed by atoms with van der Waals surface area (Å²) in [5.41, 5.74) is 3.13. The molecule has 0 radical (unpaired) electrons. The number of carbonyl (C=O) groups excluding carboxylic acids is 3. The van der Waals surface area contributed by atoms with Crippen LogP contribution in [0.2, 0.25) is 0 Å². The van der Waals surface area contributed by atoms with Gasteiger partial charge in [0, 0.05) is 18.5 Å². The number of hydrogen-bond acceptors (Lipinski definition) is 4. The van der Waals surface area contributed by atoms with E-state index in [1.165, 1.54) is 6.42 Å². The summed E-state index contributed by atoms with van der Waals surface area (Å²) in [5, 5.41) is 6.18. The number of carbonyl (C=O) groups is 3. The lowest BCUT2D eigenvalue weighted by molar-refractivity contribution is -0.147. The van der Waals surface area contributed by atoms with Gasteiger partial charge in [-0.15, -0.1) is 0 Å². The number of hydrogen-bond donors (Lipinski definition) is 2. The zero-order chi connectivity index (χ0) is 29.6. The van der Waals surface area contributed by atoms with Gasteiger partial charge < -0.3 is 20.3 Å². The van der Waals surface area contributed by atoms with Gasteiger partial charge in [0.25, 0.3) is 0 Å². The van der Waals surface area contributed by atoms with Crippen LogP contribution in [0.1, 0.15) is 100 Å². The molecule has 0 spiro atoms. The Bertz CT molecular complexity index is 1200. The van der Waals surface area contributed by atoms with E-state index in [2.05, 4.69) is 16.7 Å². The quantitative estimate of drug-likeness (QED) is 0.376. The molecule has 0 aromatic heterocycles. The van der Waals surface area contributed by atoms with Crippen LogP contribution in [0, 0.1) is 13.8 Å². The minimum absolute atomic E-state index is 0.0796. The largest absolute Gasteiger partial charge is 0.444 e. The number of aryl methyl sites for hydroxylation is 2. The van der Waals surface area contributed by atoms with Gasteiger partial charge in [-0.1, -0.05) is 73.4 Å². The molecule has 0 saturated heterocycles. The lowest BCUT2D eigenvalue weighted by Gasteiger charge is -2.44. The molecule has 222 valence electrons. The molecule has 2 atom stereocenters. The van der Waals surface area contributed by atoms with Gasteiger partial charge in [0.15, 0.2) is 0 Å². The van der Waals surface area contributed by atoms with Crippen LogP contribution in [0.15, 0.2) is 48.5 Å². The minimum Gasteiger partial charge on any atom is -0.444 e. The van der Waals surface area contributed by atoms with Crippen LogP contribution in [0.4, 0.5) is 4.79 Å². The lowest BCUT2D eigenvalue weighted by Crippen LogP contribution is -2.58. The van der Waals surface area contributed by atoms with Crippen molar-refractivity contribution in [3.63, 3.8) is 0 Å². The highest BCUT2D eigenvalue weighted by Crippen LogP contribution is 2.36. The summed E-state index contributed by atoms with van der Waals surface area (Å²) in [6.07, 6.45) is 7.62. The van der Waals surface area contributed by atoms with E-state index in [1.54, 1.807) is 25.7 Å². The highest BCUT2D eigenvalue weighted by atomic mass is 16.6. The second kappa shape index (κ2) is 13.5. The normalized spacial score (nSPS) is 17.6. The van der Waals surface area contributed by atoms with E-state index >= 15 is 0 Å². The number of ether oxygens (including phenoxy) is 1. The molecule has 2 aromatic rings. The van der Waals surface area contributed by atoms with Crippen molar-refractivity contribution in [2.75, 3.05) is 0 Å². The van der Waals surface area contributed by atoms with Gasteiger partial charge in [-0.05, 0) is 83.4 Å². The fourth-order valence-electron chi connectivity index (χ4n) is 5.94. The van der Waals surface area contributed by atoms with Gasteiger partial charge >= 0.3 is 6.09 Å². The molecule has 0 aliphatic heterocycles. The Morgan fingerprint density at radius 1 is 0.927 bits per heavy atom. The number of alkyl carbamates (subject to hydrolysis) is 1. The number of amides is 3. The van der Waals surface area contributed by atoms with Crippen LogP contribution < -0.4 is 10.6 Å². The first-order valence-electron chi connectivity index (χ1n) is 15.2. The average Bonchev–Trinajstić information content (AvgIpc) is 2.87. The maximum Gasteiger partial charge on any atom is 0.408 e. The lowest BCUT2D eigenvalue weighted by atomic mass is 9.86. The summed E-state index contributed by atoms with van der Waals surface area (Å²) in [7, 11) is 0. The summed E-state index contributed by atoms with van der Waals surface area (Å²) in [5.74, 6) is -0.395. The Morgan fingerprint density at radius 2 is 1.61 bits per heavy atom. The molecule has 2 aromatic carbocycles. The predicted molar refractivity (Wildman–Crippen MR) is 161 cm³/mol. The van der Waals surface area contributed by atoms with Crippen LogP contribution in [-0.2, 0) is 20.7 Å². The van der Waals surface area contributed by atoms with Crippen LogP contribution >= 0.6 is 0 Å². The van der Waals surface area contributed by atoms with Crippen LogP contribution in [-0.4, -0.2) is 46.5 Å². The molecule has 4 rings (SSSR count). The third kappa shape index (κ3) is 8.34. The van der Waals surface area contributed by atoms with Gasteiger partial charge in [0.1, 0.15) is 17.7 Å². The zero-order valence-corrected chi connectivity index (χ0v) is 25.4. The Kier molecular flexibility index (Phi) is 10.1. The van der Waals surface area contributed by atoms with E-state index in [0.717, 1.165) is 67.2 Å². The highest BCUT2D eigenvalue weighted by Gasteiger charge is 2.43. The Morgan fingerprint density at radius 3 is 2.20 bits per heavy atom. The van der Waals surface area contributed by atoms with Crippen molar-refractivity contribution in [3.8, 4) is 0 Å². The van der Waals surface area contributed by atoms with Crippen molar-refractivity contribution in [1.82, 2.24) is 15.5 Å². The first-order valence-corrected chi connectivity index (χ1v) is 15.2. The molecule has 2 aliphatic carbocycles. The number of rotatable bonds is 9. The molecule has 2 N–H and O–H groups in total. The second-order valence-electron chi connectivity index (χ2n) is 12.8. The van der Waals surface area contributed by atoms with E-state index in [4.69, 9.17) is 4.74 Å². The monoisotopic (exact) mass is 561 g/mol. The van der Waals surface area contributed by atoms with Gasteiger partial charge in [-0.2, -0.15) is 0 Å². The smallest absolute Gasteiger partial charge is 0.408 e. The van der Waals surface area contributed by atoms with E-state index < -0.39 is 23.8 Å². The van der Waals surface area contributed by atoms with Crippen LogP contribution in [0.5, 0.6) is 0 Å². The first kappa shape index (κ1) is 30.6. The summed E-state index contributed by atoms with van der Waals surface area (Å²) in [6, 6.07) is 14.1. The van der Waals surface area contributed by atoms with E-state index in [0.29, 0.717) is 6.42 Å². The summed E-state index contributed by atoms with van der Waals surface area (Å²) in [6.45, 7) is 9.43. The summed E-state index contributed by atoms with van der Waals surface area (Å²) in [4.78, 5) is 43.6. The van der Waals surface area contributed by atoms with Crippen molar-refractivity contribution < 1.29 is 19.1 Å². The molecule has 0 heterocycles. The van der Waals surface area contributed by atoms with Crippen LogP contribution in [0.3, 0.4) is 0 Å². The molecule has 2 saturated carbocycles. The first-order chi connectivity index (χ1) is 19.5. The van der Waals surface area contributed by atoms with Gasteiger partial charge in [0.05, 0.1) is 0 Å². The number of nitrogens with zero attached hydrogens (tertiary/aromatic N) is 1. The van der Waals surface area contributed by atoms with E-state index in [-0.39, 0.29) is 23.9 Å². The van der Waals surface area contributed by atoms with Gasteiger partial charge in [-0.3, -0.25) is 9.59 Å². The molecule has 2 unspecified atom stereocenters. The fourth-order valence-corrected chi connectivity index (χ4v) is 5.94. The maximum atomic E-state index is 14.6. The molecule has 2 fully saturated rings.